The number of nitrogens with zero attached hydrogens (tertiary/aromatic N) is 1. The third-order valence-corrected chi connectivity index (χ3v) is 6.65. The SMILES string of the molecule is CC(C)(C)CC(C)(C)NC(=O)N1CCC[C@H]1C(=S)OCCC(c1ccccc1)c1ccccc1. The summed E-state index contributed by atoms with van der Waals surface area (Å²) >= 11 is 5.68. The number of hydrogen-bond acceptors (Lipinski definition) is 3. The van der Waals surface area contributed by atoms with Crippen molar-refractivity contribution < 1.29 is 9.53 Å². The molecule has 0 unspecified atom stereocenters. The maximum absolute atomic E-state index is 13.1. The lowest BCUT2D eigenvalue weighted by Crippen LogP contribution is -2.53. The van der Waals surface area contributed by atoms with Crippen LogP contribution in [0.2, 0.25) is 0 Å². The largest absolute Gasteiger partial charge is 0.485 e. The summed E-state index contributed by atoms with van der Waals surface area (Å²) in [6, 6.07) is 20.9. The average molecular weight is 481 g/mol. The second kappa shape index (κ2) is 11.4. The van der Waals surface area contributed by atoms with Gasteiger partial charge in [0, 0.05) is 18.0 Å². The molecule has 1 heterocycles. The number of ether oxygens (including phenoxy) is 1. The minimum Gasteiger partial charge on any atom is -0.485 e. The highest BCUT2D eigenvalue weighted by atomic mass is 32.1. The lowest BCUT2D eigenvalue weighted by atomic mass is 9.82. The van der Waals surface area contributed by atoms with E-state index in [9.17, 15) is 4.79 Å². The van der Waals surface area contributed by atoms with E-state index in [1.807, 2.05) is 17.0 Å². The number of urea groups is 1. The van der Waals surface area contributed by atoms with Crippen LogP contribution in [0.25, 0.3) is 0 Å². The van der Waals surface area contributed by atoms with Gasteiger partial charge in [-0.25, -0.2) is 4.79 Å². The molecule has 2 aromatic rings. The van der Waals surface area contributed by atoms with Crippen LogP contribution in [0.5, 0.6) is 0 Å². The van der Waals surface area contributed by atoms with Gasteiger partial charge in [0.2, 0.25) is 0 Å². The highest BCUT2D eigenvalue weighted by Gasteiger charge is 2.36. The Kier molecular flexibility index (Phi) is 8.75. The zero-order valence-corrected chi connectivity index (χ0v) is 22.2. The van der Waals surface area contributed by atoms with Gasteiger partial charge in [0.1, 0.15) is 6.04 Å². The number of amides is 2. The smallest absolute Gasteiger partial charge is 0.318 e. The molecule has 2 amide bonds. The van der Waals surface area contributed by atoms with Gasteiger partial charge in [-0.2, -0.15) is 0 Å². The molecule has 1 aliphatic heterocycles. The van der Waals surface area contributed by atoms with Crippen molar-refractivity contribution in [3.8, 4) is 0 Å². The minimum absolute atomic E-state index is 0.0471. The lowest BCUT2D eigenvalue weighted by Gasteiger charge is -2.36. The fourth-order valence-electron chi connectivity index (χ4n) is 5.26. The van der Waals surface area contributed by atoms with Crippen LogP contribution in [-0.4, -0.2) is 40.7 Å². The molecule has 34 heavy (non-hydrogen) atoms. The van der Waals surface area contributed by atoms with Crippen LogP contribution in [0.15, 0.2) is 60.7 Å². The van der Waals surface area contributed by atoms with Crippen molar-refractivity contribution in [2.24, 2.45) is 5.41 Å². The maximum atomic E-state index is 13.1. The summed E-state index contributed by atoms with van der Waals surface area (Å²) in [6.07, 6.45) is 3.52. The quantitative estimate of drug-likeness (QED) is 0.416. The van der Waals surface area contributed by atoms with E-state index in [0.29, 0.717) is 18.2 Å². The van der Waals surface area contributed by atoms with Crippen molar-refractivity contribution in [3.63, 3.8) is 0 Å². The molecule has 2 aromatic carbocycles. The van der Waals surface area contributed by atoms with Gasteiger partial charge in [-0.05, 0) is 68.3 Å². The number of rotatable bonds is 8. The van der Waals surface area contributed by atoms with Crippen LogP contribution >= 0.6 is 12.2 Å². The van der Waals surface area contributed by atoms with Gasteiger partial charge in [0.25, 0.3) is 0 Å². The predicted octanol–water partition coefficient (Wildman–Crippen LogP) is 6.94. The molecule has 0 bridgehead atoms. The number of nitrogens with one attached hydrogen (secondary N) is 1. The maximum Gasteiger partial charge on any atom is 0.318 e. The molecule has 1 atom stereocenters. The summed E-state index contributed by atoms with van der Waals surface area (Å²) in [5.74, 6) is 0.242. The summed E-state index contributed by atoms with van der Waals surface area (Å²) < 4.78 is 6.10. The molecule has 4 nitrogen and oxygen atoms in total. The highest BCUT2D eigenvalue weighted by molar-refractivity contribution is 7.80. The van der Waals surface area contributed by atoms with E-state index < -0.39 is 0 Å². The van der Waals surface area contributed by atoms with Crippen molar-refractivity contribution in [1.82, 2.24) is 10.2 Å². The number of likely N-dealkylation sites (tertiary alicyclic amines) is 1. The van der Waals surface area contributed by atoms with Crippen LogP contribution in [0, 0.1) is 5.41 Å². The molecule has 1 fully saturated rings. The fraction of sp³-hybridized carbons (Fsp3) is 0.517. The van der Waals surface area contributed by atoms with Gasteiger partial charge in [-0.1, -0.05) is 81.4 Å². The van der Waals surface area contributed by atoms with Crippen molar-refractivity contribution in [1.29, 1.82) is 0 Å². The van der Waals surface area contributed by atoms with Crippen molar-refractivity contribution in [3.05, 3.63) is 71.8 Å². The first-order valence-corrected chi connectivity index (χ1v) is 12.8. The third kappa shape index (κ3) is 7.56. The fourth-order valence-corrected chi connectivity index (χ4v) is 5.58. The van der Waals surface area contributed by atoms with E-state index in [1.54, 1.807) is 0 Å². The van der Waals surface area contributed by atoms with Crippen molar-refractivity contribution in [2.45, 2.75) is 77.8 Å². The second-order valence-electron chi connectivity index (χ2n) is 11.2. The monoisotopic (exact) mass is 480 g/mol. The highest BCUT2D eigenvalue weighted by Crippen LogP contribution is 2.29. The standard InChI is InChI=1S/C29H40N2O2S/c1-28(2,3)21-29(4,5)30-27(32)31-19-12-17-25(31)26(34)33-20-18-24(22-13-8-6-9-14-22)23-15-10-7-11-16-23/h6-11,13-16,24-25H,12,17-21H2,1-5H3,(H,30,32)/t25-/m0/s1. The normalized spacial score (nSPS) is 16.5. The van der Waals surface area contributed by atoms with Gasteiger partial charge in [-0.3, -0.25) is 0 Å². The molecule has 0 saturated carbocycles. The lowest BCUT2D eigenvalue weighted by molar-refractivity contribution is 0.173. The second-order valence-corrected chi connectivity index (χ2v) is 11.6. The number of carbonyl (C=O) groups excluding carboxylic acids is 1. The molecule has 184 valence electrons. The van der Waals surface area contributed by atoms with Crippen molar-refractivity contribution in [2.75, 3.05) is 13.2 Å². The van der Waals surface area contributed by atoms with Crippen molar-refractivity contribution >= 4 is 23.3 Å². The summed E-state index contributed by atoms with van der Waals surface area (Å²) in [5.41, 5.74) is 2.38. The van der Waals surface area contributed by atoms with Crippen LogP contribution in [0.3, 0.4) is 0 Å². The Labute approximate surface area is 211 Å². The van der Waals surface area contributed by atoms with Gasteiger partial charge in [0.15, 0.2) is 5.05 Å². The third-order valence-electron chi connectivity index (χ3n) is 6.26. The van der Waals surface area contributed by atoms with E-state index in [-0.39, 0.29) is 28.9 Å². The van der Waals surface area contributed by atoms with Gasteiger partial charge in [-0.15, -0.1) is 0 Å². The van der Waals surface area contributed by atoms with Crippen LogP contribution in [-0.2, 0) is 4.74 Å². The first kappa shape index (κ1) is 26.2. The minimum atomic E-state index is -0.288. The topological polar surface area (TPSA) is 41.6 Å². The number of hydrogen-bond donors (Lipinski definition) is 1. The zero-order valence-electron chi connectivity index (χ0n) is 21.3. The Morgan fingerprint density at radius 3 is 2.12 bits per heavy atom. The molecular formula is C29H40N2O2S. The molecule has 0 aromatic heterocycles. The summed E-state index contributed by atoms with van der Waals surface area (Å²) in [5, 5.41) is 3.76. The van der Waals surface area contributed by atoms with E-state index in [4.69, 9.17) is 17.0 Å². The Bertz CT molecular complexity index is 898. The summed E-state index contributed by atoms with van der Waals surface area (Å²) in [6.45, 7) is 12.0. The predicted molar refractivity (Wildman–Crippen MR) is 144 cm³/mol. The molecule has 5 heteroatoms. The summed E-state index contributed by atoms with van der Waals surface area (Å²) in [4.78, 5) is 15.0. The van der Waals surface area contributed by atoms with E-state index in [1.165, 1.54) is 11.1 Å². The molecule has 3 rings (SSSR count). The molecule has 1 aliphatic rings. The number of thiocarbonyl (C=S) groups is 1. The first-order valence-electron chi connectivity index (χ1n) is 12.4. The van der Waals surface area contributed by atoms with Crippen LogP contribution < -0.4 is 5.32 Å². The van der Waals surface area contributed by atoms with Gasteiger partial charge < -0.3 is 15.0 Å². The Morgan fingerprint density at radius 1 is 1.03 bits per heavy atom. The zero-order chi connectivity index (χ0) is 24.8. The molecule has 0 radical (unpaired) electrons. The number of benzene rings is 2. The van der Waals surface area contributed by atoms with E-state index >= 15 is 0 Å². The average Bonchev–Trinajstić information content (AvgIpc) is 3.26. The van der Waals surface area contributed by atoms with Gasteiger partial charge in [0.05, 0.1) is 6.61 Å². The van der Waals surface area contributed by atoms with E-state index in [0.717, 1.165) is 25.7 Å². The Morgan fingerprint density at radius 2 is 1.59 bits per heavy atom. The molecule has 1 N–H and O–H groups in total. The number of carbonyl (C=O) groups is 1. The van der Waals surface area contributed by atoms with Crippen LogP contribution in [0.1, 0.15) is 77.3 Å². The summed E-state index contributed by atoms with van der Waals surface area (Å²) in [7, 11) is 0. The van der Waals surface area contributed by atoms with Gasteiger partial charge >= 0.3 is 6.03 Å². The Balaban J connectivity index is 1.59. The van der Waals surface area contributed by atoms with E-state index in [2.05, 4.69) is 88.5 Å². The molecule has 0 spiro atoms. The molecule has 1 saturated heterocycles. The molecule has 0 aliphatic carbocycles. The Hall–Kier alpha value is -2.40. The first-order chi connectivity index (χ1) is 16.1. The van der Waals surface area contributed by atoms with Crippen LogP contribution in [0.4, 0.5) is 4.79 Å². The molecular weight excluding hydrogens is 440 g/mol.